The maximum Gasteiger partial charge on any atom is 0.128 e. The number of pyridine rings is 1. The van der Waals surface area contributed by atoms with Crippen molar-refractivity contribution >= 4 is 11.5 Å². The smallest absolute Gasteiger partial charge is 0.128 e. The molecule has 6 heteroatoms. The third kappa shape index (κ3) is 4.37. The average molecular weight is 486 g/mol. The first-order chi connectivity index (χ1) is 17.6. The zero-order chi connectivity index (χ0) is 24.6. The highest BCUT2D eigenvalue weighted by Crippen LogP contribution is 2.42. The molecule has 0 radical (unpaired) electrons. The van der Waals surface area contributed by atoms with E-state index >= 15 is 0 Å². The van der Waals surface area contributed by atoms with Crippen molar-refractivity contribution in [1.29, 1.82) is 0 Å². The summed E-state index contributed by atoms with van der Waals surface area (Å²) in [5.74, 6) is 1.45. The van der Waals surface area contributed by atoms with Gasteiger partial charge in [-0.05, 0) is 68.4 Å². The van der Waals surface area contributed by atoms with Crippen LogP contribution in [0.25, 0.3) is 0 Å². The summed E-state index contributed by atoms with van der Waals surface area (Å²) >= 11 is 0. The Morgan fingerprint density at radius 2 is 1.64 bits per heavy atom. The molecule has 1 aromatic heterocycles. The van der Waals surface area contributed by atoms with Gasteiger partial charge in [0.25, 0.3) is 0 Å². The van der Waals surface area contributed by atoms with Gasteiger partial charge in [-0.1, -0.05) is 30.3 Å². The molecule has 3 heterocycles. The van der Waals surface area contributed by atoms with E-state index in [-0.39, 0.29) is 11.9 Å². The van der Waals surface area contributed by atoms with Gasteiger partial charge >= 0.3 is 0 Å². The van der Waals surface area contributed by atoms with Crippen LogP contribution in [-0.4, -0.2) is 74.2 Å². The fourth-order valence-electron chi connectivity index (χ4n) is 6.56. The lowest BCUT2D eigenvalue weighted by molar-refractivity contribution is 0.213. The quantitative estimate of drug-likeness (QED) is 0.528. The third-order valence-electron chi connectivity index (χ3n) is 8.52. The first-order valence-electron chi connectivity index (χ1n) is 13.3. The van der Waals surface area contributed by atoms with Gasteiger partial charge in [0.15, 0.2) is 0 Å². The summed E-state index contributed by atoms with van der Waals surface area (Å²) in [6.07, 6.45) is 3.87. The number of aromatic nitrogens is 1. The second kappa shape index (κ2) is 9.83. The van der Waals surface area contributed by atoms with Crippen LogP contribution in [0.4, 0.5) is 15.9 Å². The minimum atomic E-state index is -0.0349. The van der Waals surface area contributed by atoms with E-state index in [4.69, 9.17) is 0 Å². The lowest BCUT2D eigenvalue weighted by Crippen LogP contribution is -2.46. The van der Waals surface area contributed by atoms with E-state index in [1.54, 1.807) is 6.07 Å². The van der Waals surface area contributed by atoms with Crippen molar-refractivity contribution in [3.05, 3.63) is 89.4 Å². The van der Waals surface area contributed by atoms with Crippen LogP contribution in [-0.2, 0) is 6.42 Å². The van der Waals surface area contributed by atoms with Crippen LogP contribution in [0.1, 0.15) is 35.1 Å². The van der Waals surface area contributed by atoms with Gasteiger partial charge in [-0.3, -0.25) is 4.90 Å². The molecule has 2 saturated heterocycles. The molecule has 6 rings (SSSR count). The molecule has 1 aliphatic carbocycles. The molecule has 5 nitrogen and oxygen atoms in total. The van der Waals surface area contributed by atoms with Crippen LogP contribution in [0.2, 0.25) is 0 Å². The summed E-state index contributed by atoms with van der Waals surface area (Å²) < 4.78 is 14.8. The van der Waals surface area contributed by atoms with Crippen molar-refractivity contribution in [3.63, 3.8) is 0 Å². The van der Waals surface area contributed by atoms with E-state index in [1.165, 1.54) is 16.8 Å². The first kappa shape index (κ1) is 23.4. The Balaban J connectivity index is 1.15. The summed E-state index contributed by atoms with van der Waals surface area (Å²) in [6, 6.07) is 21.6. The van der Waals surface area contributed by atoms with Crippen LogP contribution in [0.5, 0.6) is 0 Å². The lowest BCUT2D eigenvalue weighted by atomic mass is 9.93. The molecule has 188 valence electrons. The number of hydrogen-bond acceptors (Lipinski definition) is 5. The number of likely N-dealkylation sites (tertiary alicyclic amines) is 1. The van der Waals surface area contributed by atoms with E-state index in [0.29, 0.717) is 12.0 Å². The second-order valence-electron chi connectivity index (χ2n) is 10.7. The number of likely N-dealkylation sites (N-methyl/N-ethyl adjacent to an activating group) is 1. The molecule has 3 atom stereocenters. The average Bonchev–Trinajstić information content (AvgIpc) is 3.55. The van der Waals surface area contributed by atoms with Crippen molar-refractivity contribution in [2.45, 2.75) is 30.8 Å². The van der Waals surface area contributed by atoms with Crippen molar-refractivity contribution < 1.29 is 4.39 Å². The standard InChI is InChI=1S/C30H36FN5/c1-33(2)28-21-36(27-14-11-23-6-5-7-26(31)30(23)27)20-25(28)22-9-12-24(13-10-22)34-16-18-35(19-17-34)29-8-3-4-15-32-29/h3-10,12-13,15,25,27-28H,11,14,16-21H2,1-2H3/t25-,27?,28+/m0/s1. The Morgan fingerprint density at radius 1 is 0.861 bits per heavy atom. The number of rotatable bonds is 5. The monoisotopic (exact) mass is 485 g/mol. The zero-order valence-electron chi connectivity index (χ0n) is 21.4. The summed E-state index contributed by atoms with van der Waals surface area (Å²) in [5, 5.41) is 0. The number of hydrogen-bond donors (Lipinski definition) is 0. The van der Waals surface area contributed by atoms with E-state index in [1.807, 2.05) is 18.3 Å². The summed E-state index contributed by atoms with van der Waals surface area (Å²) in [6.45, 7) is 5.92. The Hall–Kier alpha value is -2.96. The molecule has 0 bridgehead atoms. The number of piperazine rings is 1. The lowest BCUT2D eigenvalue weighted by Gasteiger charge is -2.37. The molecule has 3 aromatic rings. The minimum Gasteiger partial charge on any atom is -0.368 e. The van der Waals surface area contributed by atoms with Crippen molar-refractivity contribution in [3.8, 4) is 0 Å². The third-order valence-corrected chi connectivity index (χ3v) is 8.52. The van der Waals surface area contributed by atoms with Crippen molar-refractivity contribution in [1.82, 2.24) is 14.8 Å². The molecule has 0 spiro atoms. The molecule has 36 heavy (non-hydrogen) atoms. The van der Waals surface area contributed by atoms with Gasteiger partial charge in [-0.2, -0.15) is 0 Å². The van der Waals surface area contributed by atoms with E-state index < -0.39 is 0 Å². The van der Waals surface area contributed by atoms with Crippen LogP contribution in [0, 0.1) is 5.82 Å². The number of anilines is 2. The van der Waals surface area contributed by atoms with Crippen molar-refractivity contribution in [2.24, 2.45) is 0 Å². The van der Waals surface area contributed by atoms with Gasteiger partial charge in [-0.25, -0.2) is 9.37 Å². The van der Waals surface area contributed by atoms with E-state index in [0.717, 1.165) is 63.5 Å². The van der Waals surface area contributed by atoms with Gasteiger partial charge in [0.05, 0.1) is 0 Å². The van der Waals surface area contributed by atoms with Gasteiger partial charge in [0, 0.05) is 74.7 Å². The van der Waals surface area contributed by atoms with E-state index in [9.17, 15) is 4.39 Å². The highest BCUT2D eigenvalue weighted by Gasteiger charge is 2.41. The van der Waals surface area contributed by atoms with Crippen molar-refractivity contribution in [2.75, 3.05) is 63.2 Å². The normalized spacial score (nSPS) is 24.5. The Labute approximate surface area is 214 Å². The van der Waals surface area contributed by atoms with E-state index in [2.05, 4.69) is 81.1 Å². The molecule has 3 aliphatic rings. The molecule has 2 fully saturated rings. The summed E-state index contributed by atoms with van der Waals surface area (Å²) in [5.41, 5.74) is 4.81. The SMILES string of the molecule is CN(C)[C@@H]1CN(C2CCc3cccc(F)c32)C[C@H]1c1ccc(N2CCN(c3ccccn3)CC2)cc1. The van der Waals surface area contributed by atoms with Crippen LogP contribution >= 0.6 is 0 Å². The van der Waals surface area contributed by atoms with Gasteiger partial charge in [0.2, 0.25) is 0 Å². The highest BCUT2D eigenvalue weighted by molar-refractivity contribution is 5.51. The number of halogens is 1. The maximum absolute atomic E-state index is 14.8. The molecule has 0 N–H and O–H groups in total. The maximum atomic E-state index is 14.8. The minimum absolute atomic E-state index is 0.0349. The molecular formula is C30H36FN5. The molecule has 1 unspecified atom stereocenters. The van der Waals surface area contributed by atoms with Gasteiger partial charge in [0.1, 0.15) is 11.6 Å². The zero-order valence-corrected chi connectivity index (χ0v) is 21.4. The largest absolute Gasteiger partial charge is 0.368 e. The number of benzene rings is 2. The molecule has 0 saturated carbocycles. The number of nitrogens with zero attached hydrogens (tertiary/aromatic N) is 5. The van der Waals surface area contributed by atoms with Gasteiger partial charge in [-0.15, -0.1) is 0 Å². The predicted molar refractivity (Wildman–Crippen MR) is 144 cm³/mol. The molecule has 0 amide bonds. The summed E-state index contributed by atoms with van der Waals surface area (Å²) in [7, 11) is 4.36. The Bertz CT molecular complexity index is 1170. The fraction of sp³-hybridized carbons (Fsp3) is 0.433. The summed E-state index contributed by atoms with van der Waals surface area (Å²) in [4.78, 5) is 14.2. The van der Waals surface area contributed by atoms with Crippen LogP contribution < -0.4 is 9.80 Å². The van der Waals surface area contributed by atoms with Gasteiger partial charge < -0.3 is 14.7 Å². The van der Waals surface area contributed by atoms with Crippen LogP contribution in [0.15, 0.2) is 66.9 Å². The highest BCUT2D eigenvalue weighted by atomic mass is 19.1. The molecular weight excluding hydrogens is 449 g/mol. The number of fused-ring (bicyclic) bond motifs is 1. The Kier molecular flexibility index (Phi) is 6.40. The topological polar surface area (TPSA) is 25.9 Å². The van der Waals surface area contributed by atoms with Crippen LogP contribution in [0.3, 0.4) is 0 Å². The number of aryl methyl sites for hydroxylation is 1. The fourth-order valence-corrected chi connectivity index (χ4v) is 6.56. The predicted octanol–water partition coefficient (Wildman–Crippen LogP) is 4.56. The first-order valence-corrected chi connectivity index (χ1v) is 13.3. The molecule has 2 aromatic carbocycles. The molecule has 2 aliphatic heterocycles. The Morgan fingerprint density at radius 3 is 2.36 bits per heavy atom. The second-order valence-corrected chi connectivity index (χ2v) is 10.7.